The molecule has 0 radical (unpaired) electrons. The SMILES string of the molecule is CCOc1ccc(C(=O)N[C@H](C)c2ccc(F)cc2)cc1CSc1ccc(Cl)cc1. The fourth-order valence-electron chi connectivity index (χ4n) is 2.94. The van der Waals surface area contributed by atoms with E-state index in [1.807, 2.05) is 50.2 Å². The number of thioether (sulfide) groups is 1. The van der Waals surface area contributed by atoms with Crippen LogP contribution < -0.4 is 10.1 Å². The first-order chi connectivity index (χ1) is 14.5. The van der Waals surface area contributed by atoms with Gasteiger partial charge in [-0.3, -0.25) is 4.79 Å². The van der Waals surface area contributed by atoms with Crippen molar-refractivity contribution in [1.82, 2.24) is 5.32 Å². The number of hydrogen-bond donors (Lipinski definition) is 1. The summed E-state index contributed by atoms with van der Waals surface area (Å²) in [5, 5.41) is 3.66. The summed E-state index contributed by atoms with van der Waals surface area (Å²) in [6, 6.07) is 19.0. The lowest BCUT2D eigenvalue weighted by molar-refractivity contribution is 0.0939. The van der Waals surface area contributed by atoms with E-state index in [0.29, 0.717) is 22.9 Å². The molecule has 0 aliphatic rings. The molecule has 6 heteroatoms. The van der Waals surface area contributed by atoms with Gasteiger partial charge in [0.15, 0.2) is 0 Å². The first-order valence-corrected chi connectivity index (χ1v) is 11.0. The van der Waals surface area contributed by atoms with Gasteiger partial charge in [0, 0.05) is 26.8 Å². The molecule has 156 valence electrons. The normalized spacial score (nSPS) is 11.7. The highest BCUT2D eigenvalue weighted by molar-refractivity contribution is 7.98. The Bertz CT molecular complexity index is 993. The number of hydrogen-bond acceptors (Lipinski definition) is 3. The molecule has 3 aromatic rings. The number of halogens is 2. The summed E-state index contributed by atoms with van der Waals surface area (Å²) in [7, 11) is 0. The summed E-state index contributed by atoms with van der Waals surface area (Å²) >= 11 is 7.60. The maximum absolute atomic E-state index is 13.1. The average molecular weight is 444 g/mol. The van der Waals surface area contributed by atoms with E-state index in [4.69, 9.17) is 16.3 Å². The minimum Gasteiger partial charge on any atom is -0.494 e. The molecule has 0 aromatic heterocycles. The molecule has 0 aliphatic heterocycles. The summed E-state index contributed by atoms with van der Waals surface area (Å²) in [5.74, 6) is 0.937. The van der Waals surface area contributed by atoms with Gasteiger partial charge in [0.25, 0.3) is 5.91 Å². The lowest BCUT2D eigenvalue weighted by atomic mass is 10.1. The molecule has 0 bridgehead atoms. The zero-order chi connectivity index (χ0) is 21.5. The third-order valence-electron chi connectivity index (χ3n) is 4.55. The van der Waals surface area contributed by atoms with Crippen LogP contribution in [0.15, 0.2) is 71.6 Å². The molecular weight excluding hydrogens is 421 g/mol. The van der Waals surface area contributed by atoms with E-state index in [0.717, 1.165) is 21.8 Å². The Kier molecular flexibility index (Phi) is 7.77. The average Bonchev–Trinajstić information content (AvgIpc) is 2.74. The number of carbonyl (C=O) groups excluding carboxylic acids is 1. The lowest BCUT2D eigenvalue weighted by Crippen LogP contribution is -2.26. The number of carbonyl (C=O) groups is 1. The quantitative estimate of drug-likeness (QED) is 0.395. The van der Waals surface area contributed by atoms with E-state index in [-0.39, 0.29) is 17.8 Å². The Morgan fingerprint density at radius 2 is 1.80 bits per heavy atom. The van der Waals surface area contributed by atoms with Gasteiger partial charge in [-0.05, 0) is 74.0 Å². The summed E-state index contributed by atoms with van der Waals surface area (Å²) in [5.41, 5.74) is 2.34. The van der Waals surface area contributed by atoms with Gasteiger partial charge in [-0.25, -0.2) is 4.39 Å². The van der Waals surface area contributed by atoms with Gasteiger partial charge in [-0.1, -0.05) is 23.7 Å². The van der Waals surface area contributed by atoms with Gasteiger partial charge in [0.2, 0.25) is 0 Å². The molecule has 3 aromatic carbocycles. The van der Waals surface area contributed by atoms with Gasteiger partial charge in [-0.2, -0.15) is 0 Å². The van der Waals surface area contributed by atoms with Crippen LogP contribution in [0.4, 0.5) is 4.39 Å². The molecule has 1 atom stereocenters. The van der Waals surface area contributed by atoms with Crippen molar-refractivity contribution in [3.8, 4) is 5.75 Å². The van der Waals surface area contributed by atoms with E-state index >= 15 is 0 Å². The summed E-state index contributed by atoms with van der Waals surface area (Å²) in [4.78, 5) is 13.9. The second kappa shape index (κ2) is 10.5. The first kappa shape index (κ1) is 22.2. The maximum Gasteiger partial charge on any atom is 0.251 e. The second-order valence-electron chi connectivity index (χ2n) is 6.74. The van der Waals surface area contributed by atoms with Crippen LogP contribution in [0, 0.1) is 5.82 Å². The van der Waals surface area contributed by atoms with Crippen molar-refractivity contribution in [2.75, 3.05) is 6.61 Å². The fraction of sp³-hybridized carbons (Fsp3) is 0.208. The molecule has 30 heavy (non-hydrogen) atoms. The Hall–Kier alpha value is -2.50. The summed E-state index contributed by atoms with van der Waals surface area (Å²) < 4.78 is 18.9. The molecule has 0 aliphatic carbocycles. The first-order valence-electron chi connectivity index (χ1n) is 9.66. The summed E-state index contributed by atoms with van der Waals surface area (Å²) in [6.07, 6.45) is 0. The van der Waals surface area contributed by atoms with Gasteiger partial charge >= 0.3 is 0 Å². The molecule has 0 fully saturated rings. The Morgan fingerprint density at radius 1 is 1.10 bits per heavy atom. The van der Waals surface area contributed by atoms with Crippen molar-refractivity contribution in [2.45, 2.75) is 30.5 Å². The zero-order valence-electron chi connectivity index (χ0n) is 16.8. The highest BCUT2D eigenvalue weighted by Crippen LogP contribution is 2.30. The topological polar surface area (TPSA) is 38.3 Å². The van der Waals surface area contributed by atoms with Crippen molar-refractivity contribution in [3.05, 3.63) is 94.3 Å². The highest BCUT2D eigenvalue weighted by atomic mass is 35.5. The number of ether oxygens (including phenoxy) is 1. The largest absolute Gasteiger partial charge is 0.494 e. The molecule has 3 rings (SSSR count). The lowest BCUT2D eigenvalue weighted by Gasteiger charge is -2.16. The van der Waals surface area contributed by atoms with Crippen LogP contribution in [-0.4, -0.2) is 12.5 Å². The van der Waals surface area contributed by atoms with E-state index in [1.54, 1.807) is 30.0 Å². The highest BCUT2D eigenvalue weighted by Gasteiger charge is 2.14. The Labute approximate surface area is 185 Å². The molecule has 0 unspecified atom stereocenters. The van der Waals surface area contributed by atoms with Crippen LogP contribution in [0.5, 0.6) is 5.75 Å². The Balaban J connectivity index is 1.73. The number of nitrogens with one attached hydrogen (secondary N) is 1. The zero-order valence-corrected chi connectivity index (χ0v) is 18.4. The predicted molar refractivity (Wildman–Crippen MR) is 121 cm³/mol. The van der Waals surface area contributed by atoms with Crippen LogP contribution in [-0.2, 0) is 5.75 Å². The van der Waals surface area contributed by atoms with Crippen LogP contribution in [0.2, 0.25) is 5.02 Å². The number of benzene rings is 3. The van der Waals surface area contributed by atoms with E-state index in [1.165, 1.54) is 12.1 Å². The van der Waals surface area contributed by atoms with Crippen molar-refractivity contribution >= 4 is 29.3 Å². The van der Waals surface area contributed by atoms with Crippen molar-refractivity contribution in [1.29, 1.82) is 0 Å². The fourth-order valence-corrected chi connectivity index (χ4v) is 3.94. The smallest absolute Gasteiger partial charge is 0.251 e. The third kappa shape index (κ3) is 6.00. The van der Waals surface area contributed by atoms with Gasteiger partial charge < -0.3 is 10.1 Å². The predicted octanol–water partition coefficient (Wildman–Crippen LogP) is 6.66. The molecule has 0 saturated heterocycles. The standard InChI is InChI=1S/C24H23ClFNO2S/c1-3-29-23-13-6-18(14-19(23)15-30-22-11-7-20(25)8-12-22)24(28)27-16(2)17-4-9-21(26)10-5-17/h4-14,16H,3,15H2,1-2H3,(H,27,28)/t16-/m1/s1. The van der Waals surface area contributed by atoms with Gasteiger partial charge in [-0.15, -0.1) is 11.8 Å². The van der Waals surface area contributed by atoms with Gasteiger partial charge in [0.05, 0.1) is 12.6 Å². The maximum atomic E-state index is 13.1. The molecule has 3 nitrogen and oxygen atoms in total. The molecule has 0 heterocycles. The summed E-state index contributed by atoms with van der Waals surface area (Å²) in [6.45, 7) is 4.35. The van der Waals surface area contributed by atoms with Gasteiger partial charge in [0.1, 0.15) is 11.6 Å². The molecule has 1 N–H and O–H groups in total. The van der Waals surface area contributed by atoms with Crippen molar-refractivity contribution < 1.29 is 13.9 Å². The molecule has 1 amide bonds. The van der Waals surface area contributed by atoms with E-state index < -0.39 is 0 Å². The van der Waals surface area contributed by atoms with Crippen LogP contribution >= 0.6 is 23.4 Å². The third-order valence-corrected chi connectivity index (χ3v) is 5.86. The minimum atomic E-state index is -0.299. The molecule has 0 saturated carbocycles. The Morgan fingerprint density at radius 3 is 2.47 bits per heavy atom. The number of amides is 1. The van der Waals surface area contributed by atoms with Crippen LogP contribution in [0.3, 0.4) is 0 Å². The van der Waals surface area contributed by atoms with E-state index in [2.05, 4.69) is 5.32 Å². The van der Waals surface area contributed by atoms with Crippen molar-refractivity contribution in [3.63, 3.8) is 0 Å². The molecule has 0 spiro atoms. The van der Waals surface area contributed by atoms with Crippen LogP contribution in [0.25, 0.3) is 0 Å². The second-order valence-corrected chi connectivity index (χ2v) is 8.23. The van der Waals surface area contributed by atoms with Crippen LogP contribution in [0.1, 0.15) is 41.4 Å². The van der Waals surface area contributed by atoms with Crippen molar-refractivity contribution in [2.24, 2.45) is 0 Å². The minimum absolute atomic E-state index is 0.187. The monoisotopic (exact) mass is 443 g/mol. The number of rotatable bonds is 8. The van der Waals surface area contributed by atoms with E-state index in [9.17, 15) is 9.18 Å². The molecular formula is C24H23ClFNO2S.